The van der Waals surface area contributed by atoms with E-state index in [-0.39, 0.29) is 30.1 Å². The van der Waals surface area contributed by atoms with Crippen molar-refractivity contribution in [2.45, 2.75) is 44.6 Å². The SMILES string of the molecule is Cl.NCCC1CCCCN1CC(=O)N1CCCC(C(N)=O)C1. The van der Waals surface area contributed by atoms with Crippen molar-refractivity contribution in [1.82, 2.24) is 9.80 Å². The van der Waals surface area contributed by atoms with Crippen LogP contribution in [0.4, 0.5) is 0 Å². The number of carbonyl (C=O) groups excluding carboxylic acids is 2. The molecule has 0 aliphatic carbocycles. The van der Waals surface area contributed by atoms with E-state index >= 15 is 0 Å². The Kier molecular flexibility index (Phi) is 8.14. The lowest BCUT2D eigenvalue weighted by molar-refractivity contribution is -0.136. The van der Waals surface area contributed by atoms with Gasteiger partial charge in [0.1, 0.15) is 0 Å². The summed E-state index contributed by atoms with van der Waals surface area (Å²) in [6.07, 6.45) is 6.14. The molecule has 4 N–H and O–H groups in total. The Morgan fingerprint density at radius 1 is 1.09 bits per heavy atom. The van der Waals surface area contributed by atoms with Gasteiger partial charge < -0.3 is 16.4 Å². The van der Waals surface area contributed by atoms with E-state index in [0.29, 0.717) is 25.7 Å². The molecular weight excluding hydrogens is 304 g/mol. The average molecular weight is 333 g/mol. The van der Waals surface area contributed by atoms with Crippen LogP contribution in [0.25, 0.3) is 0 Å². The van der Waals surface area contributed by atoms with Crippen LogP contribution in [0.15, 0.2) is 0 Å². The second-order valence-corrected chi connectivity index (χ2v) is 6.28. The van der Waals surface area contributed by atoms with Crippen LogP contribution in [0.1, 0.15) is 38.5 Å². The van der Waals surface area contributed by atoms with Crippen LogP contribution in [0.5, 0.6) is 0 Å². The predicted molar refractivity (Wildman–Crippen MR) is 88.6 cm³/mol. The Hall–Kier alpha value is -0.850. The van der Waals surface area contributed by atoms with Crippen LogP contribution in [-0.4, -0.2) is 60.4 Å². The van der Waals surface area contributed by atoms with E-state index in [2.05, 4.69) is 4.90 Å². The Labute approximate surface area is 139 Å². The monoisotopic (exact) mass is 332 g/mol. The summed E-state index contributed by atoms with van der Waals surface area (Å²) < 4.78 is 0. The number of primary amides is 1. The highest BCUT2D eigenvalue weighted by molar-refractivity contribution is 5.85. The fourth-order valence-electron chi connectivity index (χ4n) is 3.50. The lowest BCUT2D eigenvalue weighted by atomic mass is 9.97. The summed E-state index contributed by atoms with van der Waals surface area (Å²) >= 11 is 0. The average Bonchev–Trinajstić information content (AvgIpc) is 2.49. The molecule has 0 spiro atoms. The van der Waals surface area contributed by atoms with E-state index in [1.807, 2.05) is 4.90 Å². The maximum absolute atomic E-state index is 12.5. The highest BCUT2D eigenvalue weighted by Gasteiger charge is 2.30. The van der Waals surface area contributed by atoms with E-state index in [1.54, 1.807) is 0 Å². The van der Waals surface area contributed by atoms with Gasteiger partial charge >= 0.3 is 0 Å². The van der Waals surface area contributed by atoms with Crippen molar-refractivity contribution in [3.8, 4) is 0 Å². The molecule has 0 saturated carbocycles. The van der Waals surface area contributed by atoms with Crippen LogP contribution in [0.2, 0.25) is 0 Å². The van der Waals surface area contributed by atoms with Crippen LogP contribution < -0.4 is 11.5 Å². The van der Waals surface area contributed by atoms with Crippen molar-refractivity contribution in [2.75, 3.05) is 32.7 Å². The molecule has 2 rings (SSSR count). The zero-order valence-electron chi connectivity index (χ0n) is 13.2. The van der Waals surface area contributed by atoms with Crippen molar-refractivity contribution >= 4 is 24.2 Å². The minimum absolute atomic E-state index is 0. The largest absolute Gasteiger partial charge is 0.369 e. The summed E-state index contributed by atoms with van der Waals surface area (Å²) in [6.45, 7) is 3.34. The summed E-state index contributed by atoms with van der Waals surface area (Å²) in [5.41, 5.74) is 11.0. The third-order valence-corrected chi connectivity index (χ3v) is 4.76. The van der Waals surface area contributed by atoms with Gasteiger partial charge in [0.2, 0.25) is 11.8 Å². The number of carbonyl (C=O) groups is 2. The second-order valence-electron chi connectivity index (χ2n) is 6.28. The van der Waals surface area contributed by atoms with Gasteiger partial charge in [-0.2, -0.15) is 0 Å². The minimum atomic E-state index is -0.286. The van der Waals surface area contributed by atoms with Crippen LogP contribution in [-0.2, 0) is 9.59 Å². The van der Waals surface area contributed by atoms with Gasteiger partial charge in [-0.05, 0) is 45.2 Å². The van der Waals surface area contributed by atoms with Crippen LogP contribution >= 0.6 is 12.4 Å². The maximum atomic E-state index is 12.5. The molecule has 2 unspecified atom stereocenters. The third-order valence-electron chi connectivity index (χ3n) is 4.76. The lowest BCUT2D eigenvalue weighted by Crippen LogP contribution is -2.50. The molecule has 0 bridgehead atoms. The summed E-state index contributed by atoms with van der Waals surface area (Å²) in [5, 5.41) is 0. The number of nitrogens with two attached hydrogens (primary N) is 2. The topological polar surface area (TPSA) is 92.7 Å². The Balaban J connectivity index is 0.00000242. The van der Waals surface area contributed by atoms with E-state index < -0.39 is 0 Å². The number of rotatable bonds is 5. The first-order valence-corrected chi connectivity index (χ1v) is 8.13. The number of amides is 2. The summed E-state index contributed by atoms with van der Waals surface area (Å²) in [5.74, 6) is -0.333. The summed E-state index contributed by atoms with van der Waals surface area (Å²) in [6, 6.07) is 0.435. The maximum Gasteiger partial charge on any atom is 0.236 e. The van der Waals surface area contributed by atoms with Crippen molar-refractivity contribution in [3.05, 3.63) is 0 Å². The van der Waals surface area contributed by atoms with Gasteiger partial charge in [-0.25, -0.2) is 0 Å². The van der Waals surface area contributed by atoms with Gasteiger partial charge in [-0.1, -0.05) is 6.42 Å². The molecule has 2 amide bonds. The predicted octanol–water partition coefficient (Wildman–Crippen LogP) is 0.335. The number of likely N-dealkylation sites (tertiary alicyclic amines) is 2. The number of hydrogen-bond acceptors (Lipinski definition) is 4. The number of halogens is 1. The molecule has 22 heavy (non-hydrogen) atoms. The fourth-order valence-corrected chi connectivity index (χ4v) is 3.50. The first kappa shape index (κ1) is 19.2. The quantitative estimate of drug-likeness (QED) is 0.759. The molecule has 2 heterocycles. The Bertz CT molecular complexity index is 379. The molecule has 7 heteroatoms. The molecule has 2 aliphatic heterocycles. The Morgan fingerprint density at radius 3 is 2.55 bits per heavy atom. The summed E-state index contributed by atoms with van der Waals surface area (Å²) in [4.78, 5) is 27.9. The molecular formula is C15H29ClN4O2. The van der Waals surface area contributed by atoms with Gasteiger partial charge in [-0.3, -0.25) is 14.5 Å². The van der Waals surface area contributed by atoms with Crippen LogP contribution in [0, 0.1) is 5.92 Å². The number of nitrogens with zero attached hydrogens (tertiary/aromatic N) is 2. The number of piperidine rings is 2. The molecule has 0 aromatic rings. The molecule has 128 valence electrons. The standard InChI is InChI=1S/C15H28N4O2.ClH/c16-7-6-13-5-1-2-8-18(13)11-14(20)19-9-3-4-12(10-19)15(17)21;/h12-13H,1-11,16H2,(H2,17,21);1H. The Morgan fingerprint density at radius 2 is 1.86 bits per heavy atom. The molecule has 0 radical (unpaired) electrons. The van der Waals surface area contributed by atoms with Gasteiger partial charge in [0, 0.05) is 19.1 Å². The second kappa shape index (κ2) is 9.33. The molecule has 2 atom stereocenters. The minimum Gasteiger partial charge on any atom is -0.369 e. The zero-order valence-corrected chi connectivity index (χ0v) is 14.0. The molecule has 2 aliphatic rings. The van der Waals surface area contributed by atoms with E-state index in [1.165, 1.54) is 6.42 Å². The molecule has 2 fully saturated rings. The van der Waals surface area contributed by atoms with Gasteiger partial charge in [0.25, 0.3) is 0 Å². The van der Waals surface area contributed by atoms with Crippen molar-refractivity contribution in [2.24, 2.45) is 17.4 Å². The van der Waals surface area contributed by atoms with E-state index in [0.717, 1.165) is 45.2 Å². The summed E-state index contributed by atoms with van der Waals surface area (Å²) in [7, 11) is 0. The fraction of sp³-hybridized carbons (Fsp3) is 0.867. The third kappa shape index (κ3) is 5.11. The number of hydrogen-bond donors (Lipinski definition) is 2. The normalized spacial score (nSPS) is 26.3. The van der Waals surface area contributed by atoms with Crippen molar-refractivity contribution < 1.29 is 9.59 Å². The molecule has 0 aromatic carbocycles. The van der Waals surface area contributed by atoms with Crippen LogP contribution in [0.3, 0.4) is 0 Å². The van der Waals surface area contributed by atoms with Crippen molar-refractivity contribution in [1.29, 1.82) is 0 Å². The first-order chi connectivity index (χ1) is 10.1. The first-order valence-electron chi connectivity index (χ1n) is 8.13. The van der Waals surface area contributed by atoms with Gasteiger partial charge in [-0.15, -0.1) is 12.4 Å². The van der Waals surface area contributed by atoms with Gasteiger partial charge in [0.15, 0.2) is 0 Å². The lowest BCUT2D eigenvalue weighted by Gasteiger charge is -2.38. The molecule has 2 saturated heterocycles. The highest BCUT2D eigenvalue weighted by Crippen LogP contribution is 2.21. The highest BCUT2D eigenvalue weighted by atomic mass is 35.5. The van der Waals surface area contributed by atoms with Crippen molar-refractivity contribution in [3.63, 3.8) is 0 Å². The molecule has 6 nitrogen and oxygen atoms in total. The molecule has 0 aromatic heterocycles. The zero-order chi connectivity index (χ0) is 15.2. The smallest absolute Gasteiger partial charge is 0.236 e. The van der Waals surface area contributed by atoms with E-state index in [9.17, 15) is 9.59 Å². The van der Waals surface area contributed by atoms with E-state index in [4.69, 9.17) is 11.5 Å². The van der Waals surface area contributed by atoms with Gasteiger partial charge in [0.05, 0.1) is 12.5 Å².